The third-order valence-corrected chi connectivity index (χ3v) is 5.56. The Hall–Kier alpha value is -2.63. The van der Waals surface area contributed by atoms with Crippen molar-refractivity contribution in [3.63, 3.8) is 0 Å². The van der Waals surface area contributed by atoms with Crippen molar-refractivity contribution >= 4 is 28.5 Å². The number of hydrogen-bond acceptors (Lipinski definition) is 5. The fraction of sp³-hybridized carbons (Fsp3) is 0.450. The van der Waals surface area contributed by atoms with Crippen molar-refractivity contribution < 1.29 is 18.7 Å². The second-order valence-electron chi connectivity index (χ2n) is 7.37. The number of hydrogen-bond donors (Lipinski definition) is 1. The van der Waals surface area contributed by atoms with Crippen LogP contribution in [0.4, 0.5) is 5.69 Å². The SMILES string of the molecule is CC(=O)Nc1ccc2c(COC(=O)C3CC4CCC3C4)cc(=O)oc2c1. The van der Waals surface area contributed by atoms with Gasteiger partial charge in [-0.25, -0.2) is 4.79 Å². The molecule has 2 aliphatic carbocycles. The maximum absolute atomic E-state index is 12.4. The number of carbonyl (C=O) groups is 2. The Kier molecular flexibility index (Phi) is 4.26. The molecule has 6 nitrogen and oxygen atoms in total. The zero-order chi connectivity index (χ0) is 18.3. The third kappa shape index (κ3) is 3.23. The molecule has 1 amide bonds. The van der Waals surface area contributed by atoms with Crippen molar-refractivity contribution in [1.29, 1.82) is 0 Å². The minimum Gasteiger partial charge on any atom is -0.461 e. The smallest absolute Gasteiger partial charge is 0.336 e. The molecule has 2 aliphatic rings. The van der Waals surface area contributed by atoms with E-state index < -0.39 is 5.63 Å². The number of anilines is 1. The lowest BCUT2D eigenvalue weighted by Gasteiger charge is -2.20. The molecule has 1 heterocycles. The van der Waals surface area contributed by atoms with Gasteiger partial charge in [0.2, 0.25) is 5.91 Å². The Labute approximate surface area is 150 Å². The largest absolute Gasteiger partial charge is 0.461 e. The summed E-state index contributed by atoms with van der Waals surface area (Å²) in [5.74, 6) is 0.780. The highest BCUT2D eigenvalue weighted by Gasteiger charge is 2.43. The monoisotopic (exact) mass is 355 g/mol. The summed E-state index contributed by atoms with van der Waals surface area (Å²) in [7, 11) is 0. The van der Waals surface area contributed by atoms with Crippen LogP contribution in [0.2, 0.25) is 0 Å². The van der Waals surface area contributed by atoms with E-state index >= 15 is 0 Å². The first-order valence-corrected chi connectivity index (χ1v) is 9.00. The van der Waals surface area contributed by atoms with Crippen LogP contribution in [-0.2, 0) is 20.9 Å². The minimum absolute atomic E-state index is 0.00602. The summed E-state index contributed by atoms with van der Waals surface area (Å²) >= 11 is 0. The minimum atomic E-state index is -0.511. The second-order valence-corrected chi connectivity index (χ2v) is 7.37. The molecule has 0 radical (unpaired) electrons. The van der Waals surface area contributed by atoms with Gasteiger partial charge in [-0.15, -0.1) is 0 Å². The molecule has 6 heteroatoms. The van der Waals surface area contributed by atoms with Gasteiger partial charge in [0.05, 0.1) is 5.92 Å². The summed E-state index contributed by atoms with van der Waals surface area (Å²) < 4.78 is 10.8. The van der Waals surface area contributed by atoms with Crippen LogP contribution in [0.5, 0.6) is 0 Å². The van der Waals surface area contributed by atoms with E-state index in [2.05, 4.69) is 5.32 Å². The average molecular weight is 355 g/mol. The molecule has 0 aliphatic heterocycles. The highest BCUT2D eigenvalue weighted by molar-refractivity contribution is 5.92. The van der Waals surface area contributed by atoms with E-state index in [9.17, 15) is 14.4 Å². The molecule has 1 aromatic carbocycles. The maximum atomic E-state index is 12.4. The third-order valence-electron chi connectivity index (χ3n) is 5.56. The normalized spacial score (nSPS) is 24.0. The molecule has 0 saturated heterocycles. The number of esters is 1. The van der Waals surface area contributed by atoms with E-state index in [4.69, 9.17) is 9.15 Å². The molecule has 2 bridgehead atoms. The highest BCUT2D eigenvalue weighted by Crippen LogP contribution is 2.48. The van der Waals surface area contributed by atoms with Gasteiger partial charge in [-0.1, -0.05) is 6.42 Å². The van der Waals surface area contributed by atoms with Gasteiger partial charge in [-0.2, -0.15) is 0 Å². The van der Waals surface area contributed by atoms with Gasteiger partial charge in [0.25, 0.3) is 0 Å². The van der Waals surface area contributed by atoms with Gasteiger partial charge in [0, 0.05) is 35.7 Å². The molecular formula is C20H21NO5. The molecule has 1 N–H and O–H groups in total. The standard InChI is InChI=1S/C20H21NO5/c1-11(22)21-15-4-5-16-14(8-19(23)26-18(16)9-15)10-25-20(24)17-7-12-2-3-13(17)6-12/h4-5,8-9,12-13,17H,2-3,6-7,10H2,1H3,(H,21,22). The molecule has 3 atom stereocenters. The quantitative estimate of drug-likeness (QED) is 0.672. The number of rotatable bonds is 4. The van der Waals surface area contributed by atoms with Gasteiger partial charge in [0.15, 0.2) is 0 Å². The van der Waals surface area contributed by atoms with E-state index in [1.165, 1.54) is 19.4 Å². The molecule has 136 valence electrons. The Morgan fingerprint density at radius 2 is 2.08 bits per heavy atom. The number of nitrogens with one attached hydrogen (secondary N) is 1. The van der Waals surface area contributed by atoms with Gasteiger partial charge < -0.3 is 14.5 Å². The molecular weight excluding hydrogens is 334 g/mol. The van der Waals surface area contributed by atoms with Crippen LogP contribution in [0.1, 0.15) is 38.2 Å². The van der Waals surface area contributed by atoms with E-state index in [1.807, 2.05) is 0 Å². The molecule has 26 heavy (non-hydrogen) atoms. The lowest BCUT2D eigenvalue weighted by atomic mass is 9.89. The Bertz CT molecular complexity index is 931. The summed E-state index contributed by atoms with van der Waals surface area (Å²) in [6.07, 6.45) is 4.43. The van der Waals surface area contributed by atoms with Crippen LogP contribution in [-0.4, -0.2) is 11.9 Å². The van der Waals surface area contributed by atoms with Crippen molar-refractivity contribution in [1.82, 2.24) is 0 Å². The molecule has 4 rings (SSSR count). The molecule has 1 aromatic heterocycles. The summed E-state index contributed by atoms with van der Waals surface area (Å²) in [6.45, 7) is 1.46. The fourth-order valence-corrected chi connectivity index (χ4v) is 4.42. The topological polar surface area (TPSA) is 85.6 Å². The van der Waals surface area contributed by atoms with Gasteiger partial charge in [-0.3, -0.25) is 9.59 Å². The predicted octanol–water partition coefficient (Wildman–Crippen LogP) is 3.23. The summed E-state index contributed by atoms with van der Waals surface area (Å²) in [5.41, 5.74) is 1.00. The first-order valence-electron chi connectivity index (χ1n) is 9.00. The Morgan fingerprint density at radius 1 is 1.23 bits per heavy atom. The van der Waals surface area contributed by atoms with E-state index in [-0.39, 0.29) is 24.4 Å². The predicted molar refractivity (Wildman–Crippen MR) is 95.5 cm³/mol. The van der Waals surface area contributed by atoms with Crippen LogP contribution in [0, 0.1) is 17.8 Å². The van der Waals surface area contributed by atoms with Crippen molar-refractivity contribution in [3.05, 3.63) is 40.2 Å². The van der Waals surface area contributed by atoms with Crippen molar-refractivity contribution in [3.8, 4) is 0 Å². The molecule has 0 spiro atoms. The maximum Gasteiger partial charge on any atom is 0.336 e. The molecule has 2 fully saturated rings. The molecule has 2 aromatic rings. The number of carbonyl (C=O) groups excluding carboxylic acids is 2. The zero-order valence-electron chi connectivity index (χ0n) is 14.6. The number of amides is 1. The van der Waals surface area contributed by atoms with E-state index in [0.29, 0.717) is 34.1 Å². The lowest BCUT2D eigenvalue weighted by Crippen LogP contribution is -2.23. The lowest BCUT2D eigenvalue weighted by molar-refractivity contribution is -0.151. The van der Waals surface area contributed by atoms with Crippen molar-refractivity contribution in [2.45, 2.75) is 39.2 Å². The second kappa shape index (κ2) is 6.59. The number of fused-ring (bicyclic) bond motifs is 3. The molecule has 3 unspecified atom stereocenters. The molecule has 2 saturated carbocycles. The fourth-order valence-electron chi connectivity index (χ4n) is 4.42. The number of benzene rings is 1. The van der Waals surface area contributed by atoms with Crippen molar-refractivity contribution in [2.75, 3.05) is 5.32 Å². The van der Waals surface area contributed by atoms with Crippen LogP contribution in [0.15, 0.2) is 33.5 Å². The Balaban J connectivity index is 1.53. The van der Waals surface area contributed by atoms with Gasteiger partial charge >= 0.3 is 11.6 Å². The van der Waals surface area contributed by atoms with Crippen LogP contribution in [0.25, 0.3) is 11.0 Å². The number of ether oxygens (including phenoxy) is 1. The van der Waals surface area contributed by atoms with E-state index in [1.54, 1.807) is 18.2 Å². The summed E-state index contributed by atoms with van der Waals surface area (Å²) in [5, 5.41) is 3.35. The van der Waals surface area contributed by atoms with Crippen LogP contribution >= 0.6 is 0 Å². The van der Waals surface area contributed by atoms with E-state index in [0.717, 1.165) is 19.3 Å². The first-order chi connectivity index (χ1) is 12.5. The van der Waals surface area contributed by atoms with Gasteiger partial charge in [0.1, 0.15) is 12.2 Å². The average Bonchev–Trinajstić information content (AvgIpc) is 3.21. The Morgan fingerprint density at radius 3 is 2.77 bits per heavy atom. The summed E-state index contributed by atoms with van der Waals surface area (Å²) in [6, 6.07) is 6.43. The van der Waals surface area contributed by atoms with Crippen LogP contribution < -0.4 is 10.9 Å². The van der Waals surface area contributed by atoms with Gasteiger partial charge in [-0.05, 0) is 43.2 Å². The summed E-state index contributed by atoms with van der Waals surface area (Å²) in [4.78, 5) is 35.5. The highest BCUT2D eigenvalue weighted by atomic mass is 16.5. The van der Waals surface area contributed by atoms with Crippen molar-refractivity contribution in [2.24, 2.45) is 17.8 Å². The first kappa shape index (κ1) is 16.8. The zero-order valence-corrected chi connectivity index (χ0v) is 14.6. The van der Waals surface area contributed by atoms with Crippen LogP contribution in [0.3, 0.4) is 0 Å².